The Morgan fingerprint density at radius 2 is 2.18 bits per heavy atom. The van der Waals surface area contributed by atoms with Gasteiger partial charge in [-0.25, -0.2) is 5.84 Å². The van der Waals surface area contributed by atoms with Crippen molar-refractivity contribution in [3.63, 3.8) is 0 Å². The molecule has 0 aromatic heterocycles. The molecule has 1 rings (SSSR count). The van der Waals surface area contributed by atoms with Crippen molar-refractivity contribution in [1.82, 2.24) is 5.01 Å². The van der Waals surface area contributed by atoms with E-state index in [2.05, 4.69) is 0 Å². The van der Waals surface area contributed by atoms with Crippen molar-refractivity contribution in [3.05, 3.63) is 11.4 Å². The summed E-state index contributed by atoms with van der Waals surface area (Å²) >= 11 is 0. The molecule has 0 saturated carbocycles. The van der Waals surface area contributed by atoms with Gasteiger partial charge in [0.15, 0.2) is 0 Å². The van der Waals surface area contributed by atoms with E-state index in [1.165, 1.54) is 5.01 Å². The van der Waals surface area contributed by atoms with Crippen LogP contribution in [-0.2, 0) is 9.53 Å². The van der Waals surface area contributed by atoms with Crippen LogP contribution in [0.5, 0.6) is 0 Å². The fraction of sp³-hybridized carbons (Fsp3) is 0.727. The number of nitrogens with zero attached hydrogens (tertiary/aromatic N) is 1. The second kappa shape index (κ2) is 6.46. The van der Waals surface area contributed by atoms with Crippen LogP contribution in [0.4, 0.5) is 0 Å². The van der Waals surface area contributed by atoms with E-state index in [4.69, 9.17) is 22.0 Å². The molecule has 1 amide bonds. The van der Waals surface area contributed by atoms with Crippen LogP contribution in [-0.4, -0.2) is 30.7 Å². The summed E-state index contributed by atoms with van der Waals surface area (Å²) in [5.74, 6) is 5.26. The second-order valence-corrected chi connectivity index (χ2v) is 4.38. The third-order valence-corrected chi connectivity index (χ3v) is 2.91. The topological polar surface area (TPSA) is 108 Å². The molecule has 0 saturated heterocycles. The van der Waals surface area contributed by atoms with Gasteiger partial charge in [-0.1, -0.05) is 12.8 Å². The standard InChI is InChI=1S/C11H22N4O2/c1-15(14)8-5-3-2-4-6-9(11(8)13)17-7-10(12)16/h9H,2-7,13-14H2,1H3,(H2,12,16)/b11-8-. The van der Waals surface area contributed by atoms with E-state index in [0.29, 0.717) is 5.70 Å². The maximum Gasteiger partial charge on any atom is 0.243 e. The van der Waals surface area contributed by atoms with Gasteiger partial charge in [-0.05, 0) is 19.3 Å². The van der Waals surface area contributed by atoms with E-state index >= 15 is 0 Å². The molecule has 0 aliphatic heterocycles. The fourth-order valence-corrected chi connectivity index (χ4v) is 2.02. The number of primary amides is 1. The van der Waals surface area contributed by atoms with E-state index in [1.807, 2.05) is 0 Å². The summed E-state index contributed by atoms with van der Waals surface area (Å²) < 4.78 is 5.43. The molecule has 0 heterocycles. The summed E-state index contributed by atoms with van der Waals surface area (Å²) in [6.07, 6.45) is 4.60. The lowest BCUT2D eigenvalue weighted by atomic mass is 9.99. The maximum atomic E-state index is 10.7. The Morgan fingerprint density at radius 3 is 2.76 bits per heavy atom. The van der Waals surface area contributed by atoms with Crippen molar-refractivity contribution < 1.29 is 9.53 Å². The molecule has 0 radical (unpaired) electrons. The number of hydrogen-bond donors (Lipinski definition) is 3. The van der Waals surface area contributed by atoms with E-state index in [9.17, 15) is 4.79 Å². The molecule has 0 aromatic carbocycles. The highest BCUT2D eigenvalue weighted by Gasteiger charge is 2.20. The molecule has 6 N–H and O–H groups in total. The minimum Gasteiger partial charge on any atom is -0.398 e. The van der Waals surface area contributed by atoms with Gasteiger partial charge >= 0.3 is 0 Å². The van der Waals surface area contributed by atoms with Crippen LogP contribution in [0.1, 0.15) is 32.1 Å². The van der Waals surface area contributed by atoms with E-state index < -0.39 is 5.91 Å². The second-order valence-electron chi connectivity index (χ2n) is 4.38. The molecule has 0 fully saturated rings. The molecule has 0 spiro atoms. The van der Waals surface area contributed by atoms with Gasteiger partial charge in [0.05, 0.1) is 17.5 Å². The summed E-state index contributed by atoms with van der Waals surface area (Å²) in [6.45, 7) is -0.104. The minimum absolute atomic E-state index is 0.104. The van der Waals surface area contributed by atoms with Crippen molar-refractivity contribution in [2.24, 2.45) is 17.3 Å². The Hall–Kier alpha value is -1.27. The number of nitrogens with two attached hydrogens (primary N) is 3. The third-order valence-electron chi connectivity index (χ3n) is 2.91. The lowest BCUT2D eigenvalue weighted by Crippen LogP contribution is -2.35. The number of carbonyl (C=O) groups excluding carboxylic acids is 1. The number of ether oxygens (including phenoxy) is 1. The largest absolute Gasteiger partial charge is 0.398 e. The summed E-state index contributed by atoms with van der Waals surface area (Å²) in [7, 11) is 1.76. The normalized spacial score (nSPS) is 26.1. The van der Waals surface area contributed by atoms with E-state index in [1.54, 1.807) is 7.05 Å². The molecule has 1 unspecified atom stereocenters. The Bertz CT molecular complexity index is 302. The summed E-state index contributed by atoms with van der Waals surface area (Å²) in [4.78, 5) is 10.7. The Morgan fingerprint density at radius 1 is 1.47 bits per heavy atom. The van der Waals surface area contributed by atoms with Crippen LogP contribution in [0.2, 0.25) is 0 Å². The number of amides is 1. The first-order chi connectivity index (χ1) is 8.02. The molecular formula is C11H22N4O2. The number of hydrogen-bond acceptors (Lipinski definition) is 5. The lowest BCUT2D eigenvalue weighted by Gasteiger charge is -2.27. The van der Waals surface area contributed by atoms with Gasteiger partial charge in [-0.15, -0.1) is 0 Å². The smallest absolute Gasteiger partial charge is 0.243 e. The van der Waals surface area contributed by atoms with Crippen molar-refractivity contribution in [3.8, 4) is 0 Å². The molecule has 6 heteroatoms. The van der Waals surface area contributed by atoms with Crippen LogP contribution < -0.4 is 17.3 Å². The summed E-state index contributed by atoms with van der Waals surface area (Å²) in [6, 6.07) is 0. The average molecular weight is 242 g/mol. The highest BCUT2D eigenvalue weighted by molar-refractivity contribution is 5.75. The lowest BCUT2D eigenvalue weighted by molar-refractivity contribution is -0.124. The van der Waals surface area contributed by atoms with Crippen molar-refractivity contribution in [1.29, 1.82) is 0 Å². The predicted octanol–water partition coefficient (Wildman–Crippen LogP) is -0.203. The summed E-state index contributed by atoms with van der Waals surface area (Å²) in [5, 5.41) is 1.53. The Balaban J connectivity index is 2.78. The van der Waals surface area contributed by atoms with Crippen LogP contribution in [0.3, 0.4) is 0 Å². The van der Waals surface area contributed by atoms with Crippen LogP contribution in [0.25, 0.3) is 0 Å². The van der Waals surface area contributed by atoms with Crippen LogP contribution in [0.15, 0.2) is 11.4 Å². The molecule has 98 valence electrons. The van der Waals surface area contributed by atoms with Crippen LogP contribution >= 0.6 is 0 Å². The highest BCUT2D eigenvalue weighted by atomic mass is 16.5. The zero-order valence-electron chi connectivity index (χ0n) is 10.3. The highest BCUT2D eigenvalue weighted by Crippen LogP contribution is 2.23. The SMILES string of the molecule is CN(N)/C1=C(\N)C(OCC(N)=O)CCCCC1. The minimum atomic E-state index is -0.484. The fourth-order valence-electron chi connectivity index (χ4n) is 2.02. The number of rotatable bonds is 4. The zero-order chi connectivity index (χ0) is 12.8. The molecule has 0 bridgehead atoms. The van der Waals surface area contributed by atoms with Gasteiger partial charge in [0.2, 0.25) is 5.91 Å². The van der Waals surface area contributed by atoms with Gasteiger partial charge in [0.25, 0.3) is 0 Å². The van der Waals surface area contributed by atoms with Crippen LogP contribution in [0, 0.1) is 0 Å². The third kappa shape index (κ3) is 4.24. The maximum absolute atomic E-state index is 10.7. The molecule has 1 atom stereocenters. The molecule has 0 aromatic rings. The molecule has 1 aliphatic rings. The van der Waals surface area contributed by atoms with Crippen molar-refractivity contribution in [2.45, 2.75) is 38.2 Å². The Kier molecular flexibility index (Phi) is 5.24. The summed E-state index contributed by atoms with van der Waals surface area (Å²) in [5.41, 5.74) is 12.6. The van der Waals surface area contributed by atoms with Gasteiger partial charge in [0, 0.05) is 7.05 Å². The molecule has 17 heavy (non-hydrogen) atoms. The average Bonchev–Trinajstić information content (AvgIpc) is 2.22. The van der Waals surface area contributed by atoms with E-state index in [0.717, 1.165) is 37.8 Å². The number of hydrazine groups is 1. The first kappa shape index (κ1) is 13.8. The first-order valence-corrected chi connectivity index (χ1v) is 5.89. The predicted molar refractivity (Wildman–Crippen MR) is 65.2 cm³/mol. The van der Waals surface area contributed by atoms with Crippen molar-refractivity contribution >= 4 is 5.91 Å². The first-order valence-electron chi connectivity index (χ1n) is 5.89. The number of allylic oxidation sites excluding steroid dienone is 1. The monoisotopic (exact) mass is 242 g/mol. The number of carbonyl (C=O) groups is 1. The van der Waals surface area contributed by atoms with Gasteiger partial charge in [-0.3, -0.25) is 4.79 Å². The molecule has 1 aliphatic carbocycles. The van der Waals surface area contributed by atoms with E-state index in [-0.39, 0.29) is 12.7 Å². The van der Waals surface area contributed by atoms with Crippen molar-refractivity contribution in [2.75, 3.05) is 13.7 Å². The quantitative estimate of drug-likeness (QED) is 0.467. The molecular weight excluding hydrogens is 220 g/mol. The molecule has 6 nitrogen and oxygen atoms in total. The van der Waals surface area contributed by atoms with Gasteiger partial charge in [-0.2, -0.15) is 0 Å². The van der Waals surface area contributed by atoms with Gasteiger partial charge in [0.1, 0.15) is 6.61 Å². The van der Waals surface area contributed by atoms with Gasteiger partial charge < -0.3 is 21.2 Å². The zero-order valence-corrected chi connectivity index (χ0v) is 10.3. The Labute approximate surface area is 102 Å².